The molecule has 1 aromatic rings. The van der Waals surface area contributed by atoms with Crippen LogP contribution in [0.25, 0.3) is 0 Å². The minimum absolute atomic E-state index is 0.134. The molecule has 1 amide bonds. The second-order valence-corrected chi connectivity index (χ2v) is 5.83. The molecule has 1 saturated carbocycles. The number of rotatable bonds is 8. The highest BCUT2D eigenvalue weighted by atomic mass is 16.5. The summed E-state index contributed by atoms with van der Waals surface area (Å²) in [6.45, 7) is 5.20. The van der Waals surface area contributed by atoms with E-state index in [4.69, 9.17) is 4.74 Å². The van der Waals surface area contributed by atoms with Gasteiger partial charge in [-0.15, -0.1) is 0 Å². The maximum Gasteiger partial charge on any atom is 0.268 e. The fraction of sp³-hybridized carbons (Fsp3) is 0.667. The summed E-state index contributed by atoms with van der Waals surface area (Å²) in [6, 6.07) is 4.18. The minimum atomic E-state index is -0.665. The highest BCUT2D eigenvalue weighted by Gasteiger charge is 2.26. The first-order valence-electron chi connectivity index (χ1n) is 7.28. The first kappa shape index (κ1) is 15.1. The Morgan fingerprint density at radius 2 is 2.25 bits per heavy atom. The zero-order chi connectivity index (χ0) is 14.5. The lowest BCUT2D eigenvalue weighted by molar-refractivity contribution is 0.0258. The van der Waals surface area contributed by atoms with Gasteiger partial charge in [-0.1, -0.05) is 13.8 Å². The molecule has 1 fully saturated rings. The summed E-state index contributed by atoms with van der Waals surface area (Å²) in [5.41, 5.74) is 0.669. The Morgan fingerprint density at radius 1 is 1.50 bits per heavy atom. The van der Waals surface area contributed by atoms with Gasteiger partial charge >= 0.3 is 0 Å². The quantitative estimate of drug-likeness (QED) is 0.760. The molecule has 0 spiro atoms. The number of carbonyl (C=O) groups excluding carboxylic acids is 1. The van der Waals surface area contributed by atoms with Gasteiger partial charge < -0.3 is 19.7 Å². The monoisotopic (exact) mass is 280 g/mol. The van der Waals surface area contributed by atoms with E-state index in [-0.39, 0.29) is 19.1 Å². The molecule has 0 aromatic carbocycles. The van der Waals surface area contributed by atoms with E-state index >= 15 is 0 Å². The maximum atomic E-state index is 12.1. The van der Waals surface area contributed by atoms with Crippen LogP contribution in [0.2, 0.25) is 0 Å². The molecule has 1 heterocycles. The molecule has 20 heavy (non-hydrogen) atoms. The van der Waals surface area contributed by atoms with Crippen LogP contribution >= 0.6 is 0 Å². The average Bonchev–Trinajstić information content (AvgIpc) is 3.13. The largest absolute Gasteiger partial charge is 0.389 e. The van der Waals surface area contributed by atoms with E-state index in [1.165, 1.54) is 0 Å². The van der Waals surface area contributed by atoms with Crippen molar-refractivity contribution in [2.24, 2.45) is 5.92 Å². The molecule has 1 atom stereocenters. The third-order valence-electron chi connectivity index (χ3n) is 3.21. The standard InChI is InChI=1S/C15H24N2O3/c1-11(2)9-20-10-13(18)8-16-15(19)14-4-3-7-17(14)12-5-6-12/h3-4,7,11-13,18H,5-6,8-10H2,1-2H3,(H,16,19). The summed E-state index contributed by atoms with van der Waals surface area (Å²) in [7, 11) is 0. The highest BCUT2D eigenvalue weighted by molar-refractivity contribution is 5.92. The Bertz CT molecular complexity index is 438. The number of hydrogen-bond donors (Lipinski definition) is 2. The number of nitrogens with zero attached hydrogens (tertiary/aromatic N) is 1. The first-order chi connectivity index (χ1) is 9.58. The van der Waals surface area contributed by atoms with Gasteiger partial charge in [0.2, 0.25) is 0 Å². The van der Waals surface area contributed by atoms with E-state index < -0.39 is 6.10 Å². The van der Waals surface area contributed by atoms with Crippen molar-refractivity contribution in [3.63, 3.8) is 0 Å². The van der Waals surface area contributed by atoms with Gasteiger partial charge in [0, 0.05) is 25.4 Å². The van der Waals surface area contributed by atoms with Gasteiger partial charge in [0.05, 0.1) is 12.7 Å². The molecular weight excluding hydrogens is 256 g/mol. The third-order valence-corrected chi connectivity index (χ3v) is 3.21. The average molecular weight is 280 g/mol. The Labute approximate surface area is 119 Å². The number of aliphatic hydroxyl groups excluding tert-OH is 1. The van der Waals surface area contributed by atoms with E-state index in [0.717, 1.165) is 12.8 Å². The van der Waals surface area contributed by atoms with Crippen LogP contribution in [0.3, 0.4) is 0 Å². The van der Waals surface area contributed by atoms with E-state index in [9.17, 15) is 9.90 Å². The fourth-order valence-electron chi connectivity index (χ4n) is 2.06. The Morgan fingerprint density at radius 3 is 2.90 bits per heavy atom. The van der Waals surface area contributed by atoms with Crippen LogP contribution in [0.5, 0.6) is 0 Å². The number of aromatic nitrogens is 1. The fourth-order valence-corrected chi connectivity index (χ4v) is 2.06. The van der Waals surface area contributed by atoms with Gasteiger partial charge in [-0.25, -0.2) is 0 Å². The Kier molecular flexibility index (Phi) is 5.20. The molecule has 1 aromatic heterocycles. The summed E-state index contributed by atoms with van der Waals surface area (Å²) in [5.74, 6) is 0.309. The van der Waals surface area contributed by atoms with E-state index in [1.807, 2.05) is 22.9 Å². The van der Waals surface area contributed by atoms with Crippen molar-refractivity contribution >= 4 is 5.91 Å². The zero-order valence-electron chi connectivity index (χ0n) is 12.2. The van der Waals surface area contributed by atoms with E-state index in [1.54, 1.807) is 0 Å². The van der Waals surface area contributed by atoms with Crippen molar-refractivity contribution in [3.8, 4) is 0 Å². The van der Waals surface area contributed by atoms with Gasteiger partial charge in [-0.2, -0.15) is 0 Å². The van der Waals surface area contributed by atoms with Crippen LogP contribution in [0, 0.1) is 5.92 Å². The lowest BCUT2D eigenvalue weighted by atomic mass is 10.2. The molecule has 2 N–H and O–H groups in total. The third kappa shape index (κ3) is 4.35. The molecule has 5 heteroatoms. The molecule has 1 aliphatic carbocycles. The molecule has 0 bridgehead atoms. The first-order valence-corrected chi connectivity index (χ1v) is 7.28. The number of amides is 1. The van der Waals surface area contributed by atoms with Crippen molar-refractivity contribution in [2.75, 3.05) is 19.8 Å². The Balaban J connectivity index is 1.73. The number of aliphatic hydroxyl groups is 1. The number of carbonyl (C=O) groups is 1. The number of nitrogens with one attached hydrogen (secondary N) is 1. The van der Waals surface area contributed by atoms with E-state index in [0.29, 0.717) is 24.3 Å². The van der Waals surface area contributed by atoms with Gasteiger partial charge in [0.1, 0.15) is 5.69 Å². The summed E-state index contributed by atoms with van der Waals surface area (Å²) in [4.78, 5) is 12.1. The summed E-state index contributed by atoms with van der Waals surface area (Å²) in [5, 5.41) is 12.5. The van der Waals surface area contributed by atoms with Gasteiger partial charge in [-0.05, 0) is 30.9 Å². The Hall–Kier alpha value is -1.33. The van der Waals surface area contributed by atoms with Crippen LogP contribution in [-0.2, 0) is 4.74 Å². The molecule has 5 nitrogen and oxygen atoms in total. The molecule has 0 saturated heterocycles. The predicted octanol–water partition coefficient (Wildman–Crippen LogP) is 1.59. The minimum Gasteiger partial charge on any atom is -0.389 e. The van der Waals surface area contributed by atoms with Crippen molar-refractivity contribution in [1.82, 2.24) is 9.88 Å². The van der Waals surface area contributed by atoms with Gasteiger partial charge in [0.25, 0.3) is 5.91 Å². The maximum absolute atomic E-state index is 12.1. The summed E-state index contributed by atoms with van der Waals surface area (Å²) < 4.78 is 7.36. The number of ether oxygens (including phenoxy) is 1. The lowest BCUT2D eigenvalue weighted by Gasteiger charge is -2.14. The predicted molar refractivity (Wildman–Crippen MR) is 76.7 cm³/mol. The summed E-state index contributed by atoms with van der Waals surface area (Å²) in [6.07, 6.45) is 3.55. The van der Waals surface area contributed by atoms with Crippen molar-refractivity contribution < 1.29 is 14.6 Å². The molecule has 0 aliphatic heterocycles. The second-order valence-electron chi connectivity index (χ2n) is 5.83. The van der Waals surface area contributed by atoms with Crippen LogP contribution in [0.15, 0.2) is 18.3 Å². The molecular formula is C15H24N2O3. The van der Waals surface area contributed by atoms with Gasteiger partial charge in [-0.3, -0.25) is 4.79 Å². The molecule has 112 valence electrons. The molecule has 2 rings (SSSR count). The topological polar surface area (TPSA) is 63.5 Å². The lowest BCUT2D eigenvalue weighted by Crippen LogP contribution is -2.35. The molecule has 0 radical (unpaired) electrons. The number of hydrogen-bond acceptors (Lipinski definition) is 3. The second kappa shape index (κ2) is 6.90. The molecule has 1 unspecified atom stereocenters. The zero-order valence-corrected chi connectivity index (χ0v) is 12.2. The highest BCUT2D eigenvalue weighted by Crippen LogP contribution is 2.35. The smallest absolute Gasteiger partial charge is 0.268 e. The van der Waals surface area contributed by atoms with Crippen molar-refractivity contribution in [1.29, 1.82) is 0 Å². The molecule has 1 aliphatic rings. The van der Waals surface area contributed by atoms with Crippen LogP contribution in [-0.4, -0.2) is 41.4 Å². The normalized spacial score (nSPS) is 16.4. The van der Waals surface area contributed by atoms with E-state index in [2.05, 4.69) is 19.2 Å². The van der Waals surface area contributed by atoms with Crippen LogP contribution in [0.1, 0.15) is 43.2 Å². The van der Waals surface area contributed by atoms with Crippen molar-refractivity contribution in [3.05, 3.63) is 24.0 Å². The SMILES string of the molecule is CC(C)COCC(O)CNC(=O)c1cccn1C1CC1. The van der Waals surface area contributed by atoms with Crippen molar-refractivity contribution in [2.45, 2.75) is 38.8 Å². The van der Waals surface area contributed by atoms with Crippen LogP contribution < -0.4 is 5.32 Å². The van der Waals surface area contributed by atoms with Crippen LogP contribution in [0.4, 0.5) is 0 Å². The summed E-state index contributed by atoms with van der Waals surface area (Å²) >= 11 is 0. The van der Waals surface area contributed by atoms with Gasteiger partial charge in [0.15, 0.2) is 0 Å².